The topological polar surface area (TPSA) is 54.4 Å². The minimum Gasteiger partial charge on any atom is -0.377 e. The minimum atomic E-state index is -1.48. The number of aryl methyl sites for hydroxylation is 1. The zero-order valence-corrected chi connectivity index (χ0v) is 7.07. The third-order valence-corrected chi connectivity index (χ3v) is 2.20. The highest BCUT2D eigenvalue weighted by atomic mass is 16.3. The Kier molecular flexibility index (Phi) is 1.57. The maximum absolute atomic E-state index is 11.3. The van der Waals surface area contributed by atoms with Crippen LogP contribution in [0.15, 0.2) is 18.2 Å². The third-order valence-electron chi connectivity index (χ3n) is 2.20. The van der Waals surface area contributed by atoms with Gasteiger partial charge in [-0.3, -0.25) is 9.59 Å². The molecule has 0 aliphatic heterocycles. The van der Waals surface area contributed by atoms with Gasteiger partial charge in [0.1, 0.15) is 0 Å². The van der Waals surface area contributed by atoms with Crippen molar-refractivity contribution in [1.82, 2.24) is 0 Å². The highest BCUT2D eigenvalue weighted by molar-refractivity contribution is 6.28. The van der Waals surface area contributed by atoms with Crippen molar-refractivity contribution in [2.75, 3.05) is 0 Å². The Labute approximate surface area is 75.0 Å². The highest BCUT2D eigenvalue weighted by Gasteiger charge is 2.36. The minimum absolute atomic E-state index is 0.336. The van der Waals surface area contributed by atoms with Crippen molar-refractivity contribution in [3.63, 3.8) is 0 Å². The summed E-state index contributed by atoms with van der Waals surface area (Å²) >= 11 is 0. The summed E-state index contributed by atoms with van der Waals surface area (Å²) in [5.74, 6) is -0.969. The number of rotatable bonds is 0. The van der Waals surface area contributed by atoms with E-state index in [1.54, 1.807) is 18.2 Å². The van der Waals surface area contributed by atoms with E-state index in [4.69, 9.17) is 0 Å². The summed E-state index contributed by atoms with van der Waals surface area (Å²) in [5, 5.41) is 9.18. The van der Waals surface area contributed by atoms with Gasteiger partial charge >= 0.3 is 0 Å². The number of carbonyl (C=O) groups excluding carboxylic acids is 2. The summed E-state index contributed by atoms with van der Waals surface area (Å²) in [6, 6.07) is 4.97. The van der Waals surface area contributed by atoms with Gasteiger partial charge in [-0.2, -0.15) is 0 Å². The van der Waals surface area contributed by atoms with E-state index in [-0.39, 0.29) is 0 Å². The van der Waals surface area contributed by atoms with Gasteiger partial charge in [-0.15, -0.1) is 0 Å². The molecule has 1 atom stereocenters. The Balaban J connectivity index is 2.67. The Morgan fingerprint density at radius 2 is 1.77 bits per heavy atom. The van der Waals surface area contributed by atoms with Crippen molar-refractivity contribution in [3.05, 3.63) is 34.9 Å². The number of aliphatic hydroxyl groups is 1. The van der Waals surface area contributed by atoms with Crippen LogP contribution in [0.5, 0.6) is 0 Å². The van der Waals surface area contributed by atoms with Gasteiger partial charge < -0.3 is 5.11 Å². The average Bonchev–Trinajstić information content (AvgIpc) is 2.32. The predicted molar refractivity (Wildman–Crippen MR) is 45.8 cm³/mol. The first-order valence-corrected chi connectivity index (χ1v) is 3.98. The fraction of sp³-hybridized carbons (Fsp3) is 0.200. The van der Waals surface area contributed by atoms with E-state index in [2.05, 4.69) is 0 Å². The average molecular weight is 176 g/mol. The lowest BCUT2D eigenvalue weighted by atomic mass is 10.1. The third kappa shape index (κ3) is 1.01. The molecule has 66 valence electrons. The van der Waals surface area contributed by atoms with E-state index in [0.717, 1.165) is 5.56 Å². The monoisotopic (exact) mass is 176 g/mol. The summed E-state index contributed by atoms with van der Waals surface area (Å²) in [5.41, 5.74) is 1.59. The molecule has 0 aromatic heterocycles. The maximum atomic E-state index is 11.3. The number of fused-ring (bicyclic) bond motifs is 1. The first-order valence-electron chi connectivity index (χ1n) is 3.98. The molecule has 0 amide bonds. The van der Waals surface area contributed by atoms with Crippen LogP contribution in [0.1, 0.15) is 26.3 Å². The first-order chi connectivity index (χ1) is 6.11. The molecular weight excluding hydrogens is 168 g/mol. The molecule has 0 bridgehead atoms. The second-order valence-corrected chi connectivity index (χ2v) is 3.18. The molecule has 1 aliphatic rings. The van der Waals surface area contributed by atoms with E-state index in [0.29, 0.717) is 11.1 Å². The summed E-state index contributed by atoms with van der Waals surface area (Å²) in [7, 11) is 0. The molecule has 0 heterocycles. The zero-order valence-electron chi connectivity index (χ0n) is 7.07. The number of hydrogen-bond donors (Lipinski definition) is 1. The van der Waals surface area contributed by atoms with E-state index < -0.39 is 17.7 Å². The van der Waals surface area contributed by atoms with Crippen LogP contribution in [0.2, 0.25) is 0 Å². The fourth-order valence-electron chi connectivity index (χ4n) is 1.49. The van der Waals surface area contributed by atoms with Gasteiger partial charge in [-0.1, -0.05) is 17.7 Å². The molecule has 3 nitrogen and oxygen atoms in total. The molecule has 1 unspecified atom stereocenters. The number of ketones is 2. The van der Waals surface area contributed by atoms with Crippen LogP contribution in [0, 0.1) is 6.92 Å². The molecule has 0 saturated heterocycles. The number of hydrogen-bond acceptors (Lipinski definition) is 3. The van der Waals surface area contributed by atoms with Crippen molar-refractivity contribution in [2.45, 2.75) is 13.0 Å². The Bertz CT molecular complexity index is 407. The molecule has 3 heteroatoms. The lowest BCUT2D eigenvalue weighted by Crippen LogP contribution is -2.20. The molecule has 1 N–H and O–H groups in total. The van der Waals surface area contributed by atoms with Gasteiger partial charge in [0.2, 0.25) is 0 Å². The first kappa shape index (κ1) is 8.13. The van der Waals surface area contributed by atoms with Crippen LogP contribution < -0.4 is 0 Å². The number of carbonyl (C=O) groups is 2. The zero-order chi connectivity index (χ0) is 9.59. The largest absolute Gasteiger partial charge is 0.377 e. The Morgan fingerprint density at radius 1 is 1.15 bits per heavy atom. The lowest BCUT2D eigenvalue weighted by Gasteiger charge is -1.95. The normalized spacial score (nSPS) is 20.6. The Morgan fingerprint density at radius 3 is 2.46 bits per heavy atom. The molecule has 1 aromatic carbocycles. The van der Waals surface area contributed by atoms with Gasteiger partial charge in [0.25, 0.3) is 0 Å². The van der Waals surface area contributed by atoms with E-state index in [1.807, 2.05) is 6.92 Å². The highest BCUT2D eigenvalue weighted by Crippen LogP contribution is 2.23. The quantitative estimate of drug-likeness (QED) is 0.593. The van der Waals surface area contributed by atoms with Gasteiger partial charge in [-0.05, 0) is 13.0 Å². The molecule has 2 rings (SSSR count). The maximum Gasteiger partial charge on any atom is 0.200 e. The molecule has 0 spiro atoms. The lowest BCUT2D eigenvalue weighted by molar-refractivity contribution is 0.0663. The molecule has 1 aromatic rings. The van der Waals surface area contributed by atoms with Crippen LogP contribution in [0.4, 0.5) is 0 Å². The summed E-state index contributed by atoms with van der Waals surface area (Å²) < 4.78 is 0. The van der Waals surface area contributed by atoms with E-state index >= 15 is 0 Å². The Hall–Kier alpha value is -1.48. The summed E-state index contributed by atoms with van der Waals surface area (Å²) in [6.07, 6.45) is -1.48. The van der Waals surface area contributed by atoms with Crippen molar-refractivity contribution < 1.29 is 14.7 Å². The molecule has 0 radical (unpaired) electrons. The van der Waals surface area contributed by atoms with Crippen molar-refractivity contribution in [2.24, 2.45) is 0 Å². The fourth-order valence-corrected chi connectivity index (χ4v) is 1.49. The van der Waals surface area contributed by atoms with Crippen LogP contribution in [0.25, 0.3) is 0 Å². The molecule has 0 fully saturated rings. The van der Waals surface area contributed by atoms with E-state index in [1.165, 1.54) is 0 Å². The standard InChI is InChI=1S/C10H8O3/c1-5-2-3-6-7(4-5)9(12)10(13)8(6)11/h2-4,10,13H,1H3. The predicted octanol–water partition coefficient (Wildman–Crippen LogP) is 0.735. The van der Waals surface area contributed by atoms with Crippen LogP contribution >= 0.6 is 0 Å². The van der Waals surface area contributed by atoms with E-state index in [9.17, 15) is 14.7 Å². The van der Waals surface area contributed by atoms with Gasteiger partial charge in [0, 0.05) is 11.1 Å². The van der Waals surface area contributed by atoms with Crippen LogP contribution in [-0.4, -0.2) is 22.8 Å². The molecular formula is C10H8O3. The summed E-state index contributed by atoms with van der Waals surface area (Å²) in [4.78, 5) is 22.5. The number of Topliss-reactive ketones (excluding diaryl/α,β-unsaturated/α-hetero) is 2. The van der Waals surface area contributed by atoms with Gasteiger partial charge in [0.05, 0.1) is 0 Å². The van der Waals surface area contributed by atoms with Crippen LogP contribution in [-0.2, 0) is 0 Å². The molecule has 0 saturated carbocycles. The second-order valence-electron chi connectivity index (χ2n) is 3.18. The number of aliphatic hydroxyl groups excluding tert-OH is 1. The molecule has 1 aliphatic carbocycles. The molecule has 13 heavy (non-hydrogen) atoms. The van der Waals surface area contributed by atoms with Gasteiger partial charge in [0.15, 0.2) is 17.7 Å². The van der Waals surface area contributed by atoms with Crippen molar-refractivity contribution >= 4 is 11.6 Å². The van der Waals surface area contributed by atoms with Gasteiger partial charge in [-0.25, -0.2) is 0 Å². The van der Waals surface area contributed by atoms with Crippen molar-refractivity contribution in [1.29, 1.82) is 0 Å². The second kappa shape index (κ2) is 2.50. The SMILES string of the molecule is Cc1ccc2c(c1)C(=O)C(O)C2=O. The summed E-state index contributed by atoms with van der Waals surface area (Å²) in [6.45, 7) is 1.84. The van der Waals surface area contributed by atoms with Crippen LogP contribution in [0.3, 0.4) is 0 Å². The smallest absolute Gasteiger partial charge is 0.200 e. The van der Waals surface area contributed by atoms with Crippen molar-refractivity contribution in [3.8, 4) is 0 Å². The number of benzene rings is 1.